The monoisotopic (exact) mass is 389 g/mol. The molecule has 0 fully saturated rings. The van der Waals surface area contributed by atoms with Crippen LogP contribution < -0.4 is 0 Å². The fourth-order valence-corrected chi connectivity index (χ4v) is 4.07. The van der Waals surface area contributed by atoms with E-state index >= 15 is 0 Å². The van der Waals surface area contributed by atoms with Crippen molar-refractivity contribution in [3.63, 3.8) is 0 Å². The summed E-state index contributed by atoms with van der Waals surface area (Å²) in [6.45, 7) is 6.96. The van der Waals surface area contributed by atoms with E-state index in [1.807, 2.05) is 12.1 Å². The Morgan fingerprint density at radius 1 is 0.800 bits per heavy atom. The van der Waals surface area contributed by atoms with Crippen molar-refractivity contribution >= 4 is 61.2 Å². The van der Waals surface area contributed by atoms with E-state index in [4.69, 9.17) is 9.40 Å². The van der Waals surface area contributed by atoms with Crippen LogP contribution in [0.25, 0.3) is 33.2 Å². The molecule has 0 unspecified atom stereocenters. The molecule has 30 heavy (non-hydrogen) atoms. The minimum absolute atomic E-state index is 0.0188. The van der Waals surface area contributed by atoms with Crippen molar-refractivity contribution in [3.05, 3.63) is 65.9 Å². The van der Waals surface area contributed by atoms with Gasteiger partial charge < -0.3 is 4.42 Å². The van der Waals surface area contributed by atoms with Gasteiger partial charge in [0.05, 0.1) is 29.2 Å². The molecule has 0 N–H and O–H groups in total. The Labute approximate surface area is 184 Å². The molecule has 0 amide bonds. The molecule has 2 nitrogen and oxygen atoms in total. The number of benzene rings is 2. The van der Waals surface area contributed by atoms with Gasteiger partial charge in [0.25, 0.3) is 0 Å². The zero-order chi connectivity index (χ0) is 21.9. The molecule has 7 heteroatoms. The minimum Gasteiger partial charge on any atom is -0.455 e. The molecule has 0 saturated carbocycles. The highest BCUT2D eigenvalue weighted by Crippen LogP contribution is 2.42. The Balaban J connectivity index is 2.00. The normalized spacial score (nSPS) is 13.2. The molecule has 0 aliphatic rings. The highest BCUT2D eigenvalue weighted by atomic mass is 16.3. The average molecular weight is 389 g/mol. The van der Waals surface area contributed by atoms with Crippen molar-refractivity contribution in [2.24, 2.45) is 5.41 Å². The third-order valence-corrected chi connectivity index (χ3v) is 6.94. The summed E-state index contributed by atoms with van der Waals surface area (Å²) in [5.74, 6) is 0. The lowest BCUT2D eigenvalue weighted by Gasteiger charge is -2.43. The van der Waals surface area contributed by atoms with E-state index in [9.17, 15) is 0 Å². The Bertz CT molecular complexity index is 1250. The molecule has 4 rings (SSSR count). The van der Waals surface area contributed by atoms with Crippen LogP contribution in [0.15, 0.2) is 59.1 Å². The van der Waals surface area contributed by atoms with Gasteiger partial charge in [-0.25, -0.2) is 0 Å². The fourth-order valence-electron chi connectivity index (χ4n) is 4.07. The largest absolute Gasteiger partial charge is 0.455 e. The van der Waals surface area contributed by atoms with Crippen molar-refractivity contribution in [1.29, 1.82) is 0 Å². The van der Waals surface area contributed by atoms with Gasteiger partial charge in [-0.05, 0) is 29.2 Å². The number of hydrogen-bond donors (Lipinski definition) is 0. The second-order valence-corrected chi connectivity index (χ2v) is 11.0. The van der Waals surface area contributed by atoms with Crippen molar-refractivity contribution in [2.45, 2.75) is 31.1 Å². The van der Waals surface area contributed by atoms with E-state index < -0.39 is 0 Å². The summed E-state index contributed by atoms with van der Waals surface area (Å²) in [5, 5.41) is 2.29. The van der Waals surface area contributed by atoms with Crippen LogP contribution in [0.5, 0.6) is 0 Å². The quantitative estimate of drug-likeness (QED) is 0.492. The number of fused-ring (bicyclic) bond motifs is 3. The number of hydrogen-bond acceptors (Lipinski definition) is 2. The van der Waals surface area contributed by atoms with E-state index in [1.54, 1.807) is 0 Å². The molecule has 0 saturated heterocycles. The number of furan rings is 1. The fraction of sp³-hybridized carbons (Fsp3) is 0.261. The number of nitrogens with zero attached hydrogens (tertiary/aromatic N) is 1. The third-order valence-electron chi connectivity index (χ3n) is 6.94. The molecule has 0 spiro atoms. The van der Waals surface area contributed by atoms with Gasteiger partial charge in [-0.2, -0.15) is 0 Å². The zero-order valence-electron chi connectivity index (χ0n) is 19.6. The van der Waals surface area contributed by atoms with Gasteiger partial charge in [-0.3, -0.25) is 4.98 Å². The predicted octanol–water partition coefficient (Wildman–Crippen LogP) is 1.12. The van der Waals surface area contributed by atoms with Gasteiger partial charge in [0.15, 0.2) is 0 Å². The summed E-state index contributed by atoms with van der Waals surface area (Å²) in [4.78, 5) is 4.93. The molecular formula is C23H28B5NO. The molecular weight excluding hydrogens is 360 g/mol. The van der Waals surface area contributed by atoms with Crippen molar-refractivity contribution in [1.82, 2.24) is 4.98 Å². The Morgan fingerprint density at radius 2 is 1.47 bits per heavy atom. The van der Waals surface area contributed by atoms with E-state index in [-0.39, 0.29) is 15.7 Å². The number of rotatable bonds is 3. The molecule has 4 aromatic rings. The smallest absolute Gasteiger partial charge is 0.144 e. The third kappa shape index (κ3) is 3.33. The first-order valence-corrected chi connectivity index (χ1v) is 10.8. The summed E-state index contributed by atoms with van der Waals surface area (Å²) < 4.78 is 6.29. The summed E-state index contributed by atoms with van der Waals surface area (Å²) in [5.41, 5.74) is 6.63. The maximum atomic E-state index is 6.29. The second kappa shape index (κ2) is 6.87. The molecule has 0 aliphatic heterocycles. The van der Waals surface area contributed by atoms with E-state index in [0.29, 0.717) is 0 Å². The highest BCUT2D eigenvalue weighted by molar-refractivity contribution is 6.59. The number of pyridine rings is 1. The maximum Gasteiger partial charge on any atom is 0.144 e. The lowest BCUT2D eigenvalue weighted by molar-refractivity contribution is 0.357. The minimum atomic E-state index is -0.0188. The predicted molar refractivity (Wildman–Crippen MR) is 142 cm³/mol. The van der Waals surface area contributed by atoms with Crippen LogP contribution in [0, 0.1) is 5.41 Å². The van der Waals surface area contributed by atoms with Crippen LogP contribution in [0.2, 0.25) is 0 Å². The van der Waals surface area contributed by atoms with Crippen LogP contribution in [0.3, 0.4) is 0 Å². The summed E-state index contributed by atoms with van der Waals surface area (Å²) in [6.07, 6.45) is 2.08. The second-order valence-electron chi connectivity index (χ2n) is 11.0. The maximum absolute atomic E-state index is 6.29. The van der Waals surface area contributed by atoms with Gasteiger partial charge in [0.2, 0.25) is 0 Å². The lowest BCUT2D eigenvalue weighted by Crippen LogP contribution is -2.44. The Kier molecular flexibility index (Phi) is 4.80. The van der Waals surface area contributed by atoms with Crippen LogP contribution >= 0.6 is 0 Å². The van der Waals surface area contributed by atoms with Crippen molar-refractivity contribution in [2.75, 3.05) is 0 Å². The first-order chi connectivity index (χ1) is 13.9. The SMILES string of the molecule is BC(B)(B)c1cnc(-c2cccc3c2oc2ccccc23)cc1C(B)(B)C(C)(C)C. The zero-order valence-corrected chi connectivity index (χ0v) is 19.6. The molecule has 146 valence electrons. The molecule has 2 heterocycles. The number of para-hydroxylation sites is 2. The lowest BCUT2D eigenvalue weighted by atomic mass is 9.35. The van der Waals surface area contributed by atoms with Crippen LogP contribution in [0.1, 0.15) is 31.9 Å². The molecule has 2 aromatic heterocycles. The van der Waals surface area contributed by atoms with E-state index in [2.05, 4.69) is 103 Å². The highest BCUT2D eigenvalue weighted by Gasteiger charge is 2.38. The van der Waals surface area contributed by atoms with Crippen molar-refractivity contribution < 1.29 is 4.42 Å². The van der Waals surface area contributed by atoms with Gasteiger partial charge in [-0.1, -0.05) is 67.0 Å². The van der Waals surface area contributed by atoms with Crippen LogP contribution in [-0.4, -0.2) is 44.2 Å². The van der Waals surface area contributed by atoms with Gasteiger partial charge >= 0.3 is 0 Å². The number of aromatic nitrogens is 1. The topological polar surface area (TPSA) is 26.0 Å². The van der Waals surface area contributed by atoms with Gasteiger partial charge in [-0.15, -0.1) is 0 Å². The van der Waals surface area contributed by atoms with Gasteiger partial charge in [0, 0.05) is 22.5 Å². The molecule has 0 aliphatic carbocycles. The van der Waals surface area contributed by atoms with Crippen LogP contribution in [-0.2, 0) is 10.3 Å². The standard InChI is InChI=1S/C23H28B5NO/c1-21(2,3)22(24,25)16-11-18(29-12-17(16)23(26,27)28)15-9-6-8-14-13-7-4-5-10-19(13)30-20(14)15/h4-12H,24-28H2,1-3H3. The molecule has 0 bridgehead atoms. The summed E-state index contributed by atoms with van der Waals surface area (Å²) in [6, 6.07) is 16.9. The van der Waals surface area contributed by atoms with Crippen LogP contribution in [0.4, 0.5) is 0 Å². The first kappa shape index (κ1) is 21.0. The van der Waals surface area contributed by atoms with Gasteiger partial charge in [0.1, 0.15) is 26.9 Å². The summed E-state index contributed by atoms with van der Waals surface area (Å²) in [7, 11) is 11.5. The average Bonchev–Trinajstić information content (AvgIpc) is 3.04. The Hall–Kier alpha value is -2.29. The molecule has 2 aromatic carbocycles. The summed E-state index contributed by atoms with van der Waals surface area (Å²) >= 11 is 0. The molecule has 0 radical (unpaired) electrons. The van der Waals surface area contributed by atoms with E-state index in [1.165, 1.54) is 11.1 Å². The Morgan fingerprint density at radius 3 is 2.13 bits per heavy atom. The van der Waals surface area contributed by atoms with Crippen molar-refractivity contribution in [3.8, 4) is 11.3 Å². The van der Waals surface area contributed by atoms with E-state index in [0.717, 1.165) is 33.2 Å². The molecule has 0 atom stereocenters. The first-order valence-electron chi connectivity index (χ1n) is 10.8.